The maximum Gasteiger partial charge on any atom is 0.159 e. The molecule has 0 aliphatic carbocycles. The van der Waals surface area contributed by atoms with E-state index in [2.05, 4.69) is 199 Å². The Morgan fingerprint density at radius 3 is 1.87 bits per heavy atom. The first-order valence-electron chi connectivity index (χ1n) is 18.7. The number of fused-ring (bicyclic) bond motifs is 7. The van der Waals surface area contributed by atoms with Gasteiger partial charge in [-0.25, -0.2) is 0 Å². The third kappa shape index (κ3) is 5.32. The molecule has 0 fully saturated rings. The Morgan fingerprint density at radius 2 is 1.02 bits per heavy atom. The van der Waals surface area contributed by atoms with Crippen LogP contribution in [0.2, 0.25) is 0 Å². The van der Waals surface area contributed by atoms with Crippen LogP contribution in [-0.2, 0) is 0 Å². The number of rotatable bonds is 6. The van der Waals surface area contributed by atoms with Crippen molar-refractivity contribution in [2.45, 2.75) is 0 Å². The van der Waals surface area contributed by atoms with Gasteiger partial charge >= 0.3 is 0 Å². The van der Waals surface area contributed by atoms with Gasteiger partial charge in [-0.1, -0.05) is 152 Å². The molecular weight excluding hydrogens is 687 g/mol. The molecular formula is C52H33NOS. The summed E-state index contributed by atoms with van der Waals surface area (Å²) in [5.74, 6) is 0. The molecule has 9 aromatic carbocycles. The minimum Gasteiger partial charge on any atom is -0.454 e. The van der Waals surface area contributed by atoms with Gasteiger partial charge in [0.15, 0.2) is 5.58 Å². The van der Waals surface area contributed by atoms with Crippen molar-refractivity contribution in [3.8, 4) is 33.4 Å². The second kappa shape index (κ2) is 12.9. The largest absolute Gasteiger partial charge is 0.454 e. The van der Waals surface area contributed by atoms with Crippen molar-refractivity contribution in [1.82, 2.24) is 0 Å². The lowest BCUT2D eigenvalue weighted by Crippen LogP contribution is -2.10. The molecule has 2 nitrogen and oxygen atoms in total. The van der Waals surface area contributed by atoms with E-state index in [0.29, 0.717) is 0 Å². The first kappa shape index (κ1) is 31.6. The number of hydrogen-bond acceptors (Lipinski definition) is 3. The maximum absolute atomic E-state index is 6.62. The highest BCUT2D eigenvalue weighted by atomic mass is 32.1. The van der Waals surface area contributed by atoms with Crippen LogP contribution in [-0.4, -0.2) is 0 Å². The summed E-state index contributed by atoms with van der Waals surface area (Å²) in [6, 6.07) is 72.1. The Labute approximate surface area is 322 Å². The Bertz CT molecular complexity index is 3200. The normalized spacial score (nSPS) is 11.6. The Kier molecular flexibility index (Phi) is 7.39. The smallest absolute Gasteiger partial charge is 0.159 e. The van der Waals surface area contributed by atoms with Gasteiger partial charge < -0.3 is 9.32 Å². The summed E-state index contributed by atoms with van der Waals surface area (Å²) in [5, 5.41) is 7.32. The lowest BCUT2D eigenvalue weighted by Gasteiger charge is -2.26. The molecule has 258 valence electrons. The van der Waals surface area contributed by atoms with E-state index in [1.54, 1.807) is 0 Å². The summed E-state index contributed by atoms with van der Waals surface area (Å²) in [4.78, 5) is 2.34. The van der Waals surface area contributed by atoms with Gasteiger partial charge in [-0.05, 0) is 92.7 Å². The fraction of sp³-hybridized carbons (Fsp3) is 0. The predicted molar refractivity (Wildman–Crippen MR) is 235 cm³/mol. The zero-order chi connectivity index (χ0) is 36.3. The van der Waals surface area contributed by atoms with E-state index in [0.717, 1.165) is 44.6 Å². The van der Waals surface area contributed by atoms with Crippen molar-refractivity contribution in [1.29, 1.82) is 0 Å². The fourth-order valence-corrected chi connectivity index (χ4v) is 9.44. The third-order valence-corrected chi connectivity index (χ3v) is 12.0. The number of anilines is 3. The van der Waals surface area contributed by atoms with Gasteiger partial charge in [0.25, 0.3) is 0 Å². The number of para-hydroxylation sites is 2. The molecule has 0 saturated heterocycles. The van der Waals surface area contributed by atoms with E-state index in [1.807, 2.05) is 17.4 Å². The van der Waals surface area contributed by atoms with Gasteiger partial charge in [0, 0.05) is 42.3 Å². The zero-order valence-corrected chi connectivity index (χ0v) is 30.6. The van der Waals surface area contributed by atoms with E-state index < -0.39 is 0 Å². The van der Waals surface area contributed by atoms with Gasteiger partial charge in [-0.3, -0.25) is 0 Å². The topological polar surface area (TPSA) is 16.4 Å². The monoisotopic (exact) mass is 719 g/mol. The molecule has 0 unspecified atom stereocenters. The Balaban J connectivity index is 1.03. The van der Waals surface area contributed by atoms with Crippen LogP contribution >= 0.6 is 11.3 Å². The predicted octanol–water partition coefficient (Wildman–Crippen LogP) is 15.6. The molecule has 0 bridgehead atoms. The Morgan fingerprint density at radius 1 is 0.382 bits per heavy atom. The van der Waals surface area contributed by atoms with E-state index in [-0.39, 0.29) is 0 Å². The average Bonchev–Trinajstić information content (AvgIpc) is 3.83. The molecule has 2 heterocycles. The van der Waals surface area contributed by atoms with Crippen LogP contribution < -0.4 is 4.90 Å². The first-order chi connectivity index (χ1) is 27.3. The molecule has 3 heteroatoms. The van der Waals surface area contributed by atoms with Crippen molar-refractivity contribution >= 4 is 81.3 Å². The Hall–Kier alpha value is -6.94. The molecule has 0 amide bonds. The summed E-state index contributed by atoms with van der Waals surface area (Å²) in [6.45, 7) is 0. The van der Waals surface area contributed by atoms with Crippen molar-refractivity contribution in [2.24, 2.45) is 0 Å². The molecule has 0 aliphatic rings. The molecule has 0 spiro atoms. The van der Waals surface area contributed by atoms with Crippen molar-refractivity contribution < 1.29 is 4.42 Å². The van der Waals surface area contributed by atoms with Crippen LogP contribution in [0.5, 0.6) is 0 Å². The minimum absolute atomic E-state index is 0.877. The van der Waals surface area contributed by atoms with E-state index in [9.17, 15) is 0 Å². The lowest BCUT2D eigenvalue weighted by molar-refractivity contribution is 0.669. The van der Waals surface area contributed by atoms with E-state index in [1.165, 1.54) is 58.8 Å². The third-order valence-electron chi connectivity index (χ3n) is 10.9. The number of furan rings is 1. The van der Waals surface area contributed by atoms with Crippen LogP contribution in [0.1, 0.15) is 0 Å². The highest BCUT2D eigenvalue weighted by Gasteiger charge is 2.20. The molecule has 11 rings (SSSR count). The summed E-state index contributed by atoms with van der Waals surface area (Å²) < 4.78 is 9.18. The second-order valence-electron chi connectivity index (χ2n) is 14.1. The minimum atomic E-state index is 0.877. The van der Waals surface area contributed by atoms with Crippen LogP contribution in [0.4, 0.5) is 17.1 Å². The summed E-state index contributed by atoms with van der Waals surface area (Å²) in [7, 11) is 0. The van der Waals surface area contributed by atoms with Crippen molar-refractivity contribution in [3.63, 3.8) is 0 Å². The van der Waals surface area contributed by atoms with Crippen LogP contribution in [0.3, 0.4) is 0 Å². The van der Waals surface area contributed by atoms with Crippen LogP contribution in [0.15, 0.2) is 205 Å². The van der Waals surface area contributed by atoms with Crippen molar-refractivity contribution in [2.75, 3.05) is 4.90 Å². The molecule has 0 saturated carbocycles. The molecule has 2 aromatic heterocycles. The van der Waals surface area contributed by atoms with E-state index in [4.69, 9.17) is 4.42 Å². The lowest BCUT2D eigenvalue weighted by atomic mass is 9.90. The summed E-state index contributed by atoms with van der Waals surface area (Å²) in [6.07, 6.45) is 0. The number of hydrogen-bond donors (Lipinski definition) is 0. The molecule has 0 aliphatic heterocycles. The van der Waals surface area contributed by atoms with Gasteiger partial charge in [0.2, 0.25) is 0 Å². The number of nitrogens with zero attached hydrogens (tertiary/aromatic N) is 1. The SMILES string of the molecule is c1ccc(-c2cccc3cccc(-c4cccc(-c5ccc(N(c6ccc7c(c6)sc6ccccc67)c6cccc7c6oc6ccccc67)cc5)c4)c23)cc1. The standard InChI is InChI=1S/C52H33NOS/c1-2-12-35(13-3-1)41-20-9-14-36-15-10-21-42(51(36)41)38-17-8-16-37(32-38)34-26-28-39(29-27-34)53(40-30-31-45-44-19-5-7-25-49(44)55-50(45)33-40)47-23-11-22-46-43-18-4-6-24-48(43)54-52(46)47/h1-33H. The number of benzene rings is 9. The average molecular weight is 720 g/mol. The molecule has 0 atom stereocenters. The quantitative estimate of drug-likeness (QED) is 0.170. The molecule has 11 aromatic rings. The summed E-state index contributed by atoms with van der Waals surface area (Å²) in [5.41, 5.74) is 12.2. The van der Waals surface area contributed by atoms with Gasteiger partial charge in [0.05, 0.1) is 5.69 Å². The molecule has 55 heavy (non-hydrogen) atoms. The van der Waals surface area contributed by atoms with Crippen LogP contribution in [0.25, 0.3) is 86.3 Å². The second-order valence-corrected chi connectivity index (χ2v) is 15.2. The number of thiophene rings is 1. The maximum atomic E-state index is 6.62. The summed E-state index contributed by atoms with van der Waals surface area (Å²) >= 11 is 1.84. The fourth-order valence-electron chi connectivity index (χ4n) is 8.30. The highest BCUT2D eigenvalue weighted by molar-refractivity contribution is 7.25. The van der Waals surface area contributed by atoms with Gasteiger partial charge in [-0.2, -0.15) is 0 Å². The van der Waals surface area contributed by atoms with Gasteiger partial charge in [-0.15, -0.1) is 11.3 Å². The van der Waals surface area contributed by atoms with Crippen LogP contribution in [0, 0.1) is 0 Å². The van der Waals surface area contributed by atoms with Gasteiger partial charge in [0.1, 0.15) is 5.58 Å². The molecule has 0 N–H and O–H groups in total. The van der Waals surface area contributed by atoms with E-state index >= 15 is 0 Å². The highest BCUT2D eigenvalue weighted by Crippen LogP contribution is 2.45. The zero-order valence-electron chi connectivity index (χ0n) is 29.8. The van der Waals surface area contributed by atoms with Crippen molar-refractivity contribution in [3.05, 3.63) is 200 Å². The first-order valence-corrected chi connectivity index (χ1v) is 19.5. The molecule has 0 radical (unpaired) electrons.